The molecule has 2 N–H and O–H groups in total. The van der Waals surface area contributed by atoms with Crippen LogP contribution in [0.3, 0.4) is 0 Å². The van der Waals surface area contributed by atoms with E-state index in [1.165, 1.54) is 5.56 Å². The second-order valence-electron chi connectivity index (χ2n) is 5.73. The van der Waals surface area contributed by atoms with Gasteiger partial charge >= 0.3 is 0 Å². The Labute approximate surface area is 134 Å². The van der Waals surface area contributed by atoms with Gasteiger partial charge in [-0.1, -0.05) is 26.0 Å². The van der Waals surface area contributed by atoms with Crippen molar-refractivity contribution in [1.29, 1.82) is 0 Å². The highest BCUT2D eigenvalue weighted by Gasteiger charge is 2.21. The zero-order valence-corrected chi connectivity index (χ0v) is 14.4. The van der Waals surface area contributed by atoms with Gasteiger partial charge in [-0.25, -0.2) is 0 Å². The summed E-state index contributed by atoms with van der Waals surface area (Å²) in [4.78, 5) is 4.69. The summed E-state index contributed by atoms with van der Waals surface area (Å²) in [5.41, 5.74) is 1.14. The molecule has 22 heavy (non-hydrogen) atoms. The van der Waals surface area contributed by atoms with E-state index < -0.39 is 0 Å². The fraction of sp³-hybridized carbons (Fsp3) is 0.588. The van der Waals surface area contributed by atoms with Crippen molar-refractivity contribution in [3.8, 4) is 5.75 Å². The smallest absolute Gasteiger partial charge is 0.191 e. The third-order valence-corrected chi connectivity index (χ3v) is 3.43. The Morgan fingerprint density at radius 1 is 1.23 bits per heavy atom. The van der Waals surface area contributed by atoms with Crippen molar-refractivity contribution in [1.82, 2.24) is 10.6 Å². The molecule has 1 aromatic carbocycles. The highest BCUT2D eigenvalue weighted by Crippen LogP contribution is 2.26. The highest BCUT2D eigenvalue weighted by atomic mass is 16.5. The van der Waals surface area contributed by atoms with Gasteiger partial charge in [0.15, 0.2) is 5.96 Å². The lowest BCUT2D eigenvalue weighted by Crippen LogP contribution is -2.40. The number of benzene rings is 1. The van der Waals surface area contributed by atoms with E-state index in [4.69, 9.17) is 9.47 Å². The standard InChI is InChI=1S/C17H29N3O2/c1-6-18-16(19-10-11-21-4)20-13-17(2,3)14-8-7-9-15(12-14)22-5/h7-9,12H,6,10-11,13H2,1-5H3,(H2,18,19,20). The van der Waals surface area contributed by atoms with E-state index in [0.29, 0.717) is 13.2 Å². The second-order valence-corrected chi connectivity index (χ2v) is 5.73. The molecule has 0 spiro atoms. The minimum Gasteiger partial charge on any atom is -0.497 e. The van der Waals surface area contributed by atoms with Crippen molar-refractivity contribution in [3.05, 3.63) is 29.8 Å². The first-order valence-corrected chi connectivity index (χ1v) is 7.69. The zero-order valence-electron chi connectivity index (χ0n) is 14.4. The number of hydrogen-bond acceptors (Lipinski definition) is 3. The molecule has 0 atom stereocenters. The molecule has 0 heterocycles. The van der Waals surface area contributed by atoms with Crippen molar-refractivity contribution in [3.63, 3.8) is 0 Å². The number of hydrogen-bond donors (Lipinski definition) is 2. The van der Waals surface area contributed by atoms with Gasteiger partial charge in [0.2, 0.25) is 0 Å². The highest BCUT2D eigenvalue weighted by molar-refractivity contribution is 5.79. The van der Waals surface area contributed by atoms with Crippen molar-refractivity contribution >= 4 is 5.96 Å². The molecule has 0 aliphatic carbocycles. The Balaban J connectivity index is 2.76. The van der Waals surface area contributed by atoms with Gasteiger partial charge in [-0.3, -0.25) is 4.99 Å². The van der Waals surface area contributed by atoms with Gasteiger partial charge in [-0.15, -0.1) is 0 Å². The summed E-state index contributed by atoms with van der Waals surface area (Å²) >= 11 is 0. The van der Waals surface area contributed by atoms with Crippen LogP contribution in [0.1, 0.15) is 26.3 Å². The molecule has 0 aromatic heterocycles. The first-order chi connectivity index (χ1) is 10.5. The summed E-state index contributed by atoms with van der Waals surface area (Å²) in [5, 5.41) is 6.50. The van der Waals surface area contributed by atoms with E-state index in [1.807, 2.05) is 12.1 Å². The molecule has 0 amide bonds. The third-order valence-electron chi connectivity index (χ3n) is 3.43. The molecule has 0 aliphatic rings. The molecule has 1 aromatic rings. The summed E-state index contributed by atoms with van der Waals surface area (Å²) < 4.78 is 10.4. The Kier molecular flexibility index (Phi) is 7.74. The third kappa shape index (κ3) is 5.93. The molecule has 5 nitrogen and oxygen atoms in total. The van der Waals surface area contributed by atoms with Crippen molar-refractivity contribution in [2.45, 2.75) is 26.2 Å². The zero-order chi connectivity index (χ0) is 16.4. The number of nitrogens with one attached hydrogen (secondary N) is 2. The number of aliphatic imine (C=N–C) groups is 1. The molecular formula is C17H29N3O2. The minimum absolute atomic E-state index is 0.0713. The lowest BCUT2D eigenvalue weighted by atomic mass is 9.85. The SMILES string of the molecule is CCNC(=NCC(C)(C)c1cccc(OC)c1)NCCOC. The first kappa shape index (κ1) is 18.3. The molecule has 0 saturated heterocycles. The Hall–Kier alpha value is -1.75. The van der Waals surface area contributed by atoms with Crippen LogP contribution in [0, 0.1) is 0 Å². The Bertz CT molecular complexity index is 473. The van der Waals surface area contributed by atoms with Gasteiger partial charge in [0, 0.05) is 25.6 Å². The van der Waals surface area contributed by atoms with Crippen LogP contribution in [0.15, 0.2) is 29.3 Å². The van der Waals surface area contributed by atoms with Gasteiger partial charge in [0.05, 0.1) is 20.3 Å². The monoisotopic (exact) mass is 307 g/mol. The molecule has 0 bridgehead atoms. The average molecular weight is 307 g/mol. The maximum absolute atomic E-state index is 5.31. The summed E-state index contributed by atoms with van der Waals surface area (Å²) in [6.45, 7) is 9.33. The molecule has 0 unspecified atom stereocenters. The molecule has 0 aliphatic heterocycles. The summed E-state index contributed by atoms with van der Waals surface area (Å²) in [6, 6.07) is 8.16. The average Bonchev–Trinajstić information content (AvgIpc) is 2.53. The molecule has 0 radical (unpaired) electrons. The quantitative estimate of drug-likeness (QED) is 0.439. The van der Waals surface area contributed by atoms with E-state index in [-0.39, 0.29) is 5.41 Å². The topological polar surface area (TPSA) is 54.9 Å². The molecule has 124 valence electrons. The van der Waals surface area contributed by atoms with Crippen molar-refractivity contribution < 1.29 is 9.47 Å². The summed E-state index contributed by atoms with van der Waals surface area (Å²) in [5.74, 6) is 1.69. The van der Waals surface area contributed by atoms with Crippen LogP contribution >= 0.6 is 0 Å². The molecule has 0 fully saturated rings. The van der Waals surface area contributed by atoms with E-state index in [9.17, 15) is 0 Å². The van der Waals surface area contributed by atoms with E-state index >= 15 is 0 Å². The van der Waals surface area contributed by atoms with Crippen LogP contribution in [0.5, 0.6) is 5.75 Å². The Morgan fingerprint density at radius 3 is 2.64 bits per heavy atom. The summed E-state index contributed by atoms with van der Waals surface area (Å²) in [7, 11) is 3.38. The lowest BCUT2D eigenvalue weighted by molar-refractivity contribution is 0.203. The fourth-order valence-electron chi connectivity index (χ4n) is 2.03. The molecule has 1 rings (SSSR count). The largest absolute Gasteiger partial charge is 0.497 e. The minimum atomic E-state index is -0.0713. The Morgan fingerprint density at radius 2 is 2.00 bits per heavy atom. The predicted molar refractivity (Wildman–Crippen MR) is 91.9 cm³/mol. The van der Waals surface area contributed by atoms with Gasteiger partial charge in [0.25, 0.3) is 0 Å². The molecular weight excluding hydrogens is 278 g/mol. The number of guanidine groups is 1. The number of nitrogens with zero attached hydrogens (tertiary/aromatic N) is 1. The van der Waals surface area contributed by atoms with Crippen molar-refractivity contribution in [2.75, 3.05) is 40.5 Å². The predicted octanol–water partition coefficient (Wildman–Crippen LogP) is 2.17. The van der Waals surface area contributed by atoms with E-state index in [1.54, 1.807) is 14.2 Å². The van der Waals surface area contributed by atoms with E-state index in [2.05, 4.69) is 48.5 Å². The number of methoxy groups -OCH3 is 2. The maximum atomic E-state index is 5.31. The van der Waals surface area contributed by atoms with Gasteiger partial charge in [0.1, 0.15) is 5.75 Å². The van der Waals surface area contributed by atoms with Crippen LogP contribution in [0.2, 0.25) is 0 Å². The first-order valence-electron chi connectivity index (χ1n) is 7.69. The van der Waals surface area contributed by atoms with Gasteiger partial charge in [-0.05, 0) is 24.6 Å². The number of ether oxygens (including phenoxy) is 2. The van der Waals surface area contributed by atoms with Crippen LogP contribution in [-0.2, 0) is 10.2 Å². The van der Waals surface area contributed by atoms with Gasteiger partial charge < -0.3 is 20.1 Å². The maximum Gasteiger partial charge on any atom is 0.191 e. The van der Waals surface area contributed by atoms with Crippen LogP contribution in [0.25, 0.3) is 0 Å². The van der Waals surface area contributed by atoms with Crippen LogP contribution < -0.4 is 15.4 Å². The number of rotatable bonds is 8. The normalized spacial score (nSPS) is 12.1. The van der Waals surface area contributed by atoms with Crippen LogP contribution in [-0.4, -0.2) is 46.4 Å². The lowest BCUT2D eigenvalue weighted by Gasteiger charge is -2.24. The van der Waals surface area contributed by atoms with E-state index in [0.717, 1.165) is 24.8 Å². The molecule has 0 saturated carbocycles. The fourth-order valence-corrected chi connectivity index (χ4v) is 2.03. The van der Waals surface area contributed by atoms with Crippen molar-refractivity contribution in [2.24, 2.45) is 4.99 Å². The van der Waals surface area contributed by atoms with Gasteiger partial charge in [-0.2, -0.15) is 0 Å². The molecule has 5 heteroatoms. The summed E-state index contributed by atoms with van der Waals surface area (Å²) in [6.07, 6.45) is 0. The van der Waals surface area contributed by atoms with Crippen LogP contribution in [0.4, 0.5) is 0 Å². The second kappa shape index (κ2) is 9.30.